The van der Waals surface area contributed by atoms with Crippen LogP contribution >= 0.6 is 0 Å². The molecule has 0 radical (unpaired) electrons. The molecule has 5 rings (SSSR count). The Morgan fingerprint density at radius 1 is 1.00 bits per heavy atom. The number of benzene rings is 2. The minimum absolute atomic E-state index is 0.0202. The molecule has 1 atom stereocenters. The van der Waals surface area contributed by atoms with E-state index in [1.165, 1.54) is 11.1 Å². The number of hydrogen-bond donors (Lipinski definition) is 2. The zero-order valence-corrected chi connectivity index (χ0v) is 25.3. The van der Waals surface area contributed by atoms with Crippen molar-refractivity contribution in [3.05, 3.63) is 65.4 Å². The van der Waals surface area contributed by atoms with E-state index in [1.807, 2.05) is 25.1 Å². The lowest BCUT2D eigenvalue weighted by molar-refractivity contribution is -0.140. The number of hydroxylamine groups is 2. The van der Waals surface area contributed by atoms with Crippen LogP contribution in [0.25, 0.3) is 11.0 Å². The second kappa shape index (κ2) is 13.7. The number of rotatable bonds is 7. The van der Waals surface area contributed by atoms with Gasteiger partial charge >= 0.3 is 5.97 Å². The molecule has 1 aromatic heterocycles. The first kappa shape index (κ1) is 30.7. The van der Waals surface area contributed by atoms with E-state index in [2.05, 4.69) is 10.6 Å². The van der Waals surface area contributed by atoms with Crippen LogP contribution in [-0.2, 0) is 14.4 Å². The van der Waals surface area contributed by atoms with Crippen molar-refractivity contribution in [1.82, 2.24) is 20.2 Å². The topological polar surface area (TPSA) is 137 Å². The van der Waals surface area contributed by atoms with Crippen molar-refractivity contribution in [2.75, 3.05) is 45.6 Å². The van der Waals surface area contributed by atoms with Gasteiger partial charge in [-0.3, -0.25) is 19.7 Å². The molecule has 2 aliphatic rings. The number of carbonyl (C=O) groups excluding carboxylic acids is 4. The number of likely N-dealkylation sites (tertiary alicyclic amines) is 2. The Balaban J connectivity index is 1.40. The summed E-state index contributed by atoms with van der Waals surface area (Å²) in [4.78, 5) is 65.6. The molecule has 0 aliphatic carbocycles. The molecule has 3 amide bonds. The van der Waals surface area contributed by atoms with Crippen LogP contribution in [0.15, 0.2) is 57.9 Å². The second-order valence-corrected chi connectivity index (χ2v) is 11.3. The lowest BCUT2D eigenvalue weighted by Gasteiger charge is -2.25. The van der Waals surface area contributed by atoms with Crippen LogP contribution in [0.5, 0.6) is 0 Å². The zero-order chi connectivity index (χ0) is 31.2. The molecule has 2 aromatic carbocycles. The number of aryl methyl sites for hydroxylation is 1. The fourth-order valence-electron chi connectivity index (χ4n) is 5.42. The molecule has 232 valence electrons. The van der Waals surface area contributed by atoms with E-state index >= 15 is 0 Å². The molecule has 3 heterocycles. The SMILES string of the molecule is Cc1cc2cc(NC(=N[C@H]3CCCCN(CC(=O)N4CCCC4)C3=O)NC(=O)c3cccc(C(=O)ON(C)C)c3)ccc2o1. The smallest absolute Gasteiger partial charge is 0.357 e. The maximum atomic E-state index is 13.7. The van der Waals surface area contributed by atoms with Crippen molar-refractivity contribution in [3.8, 4) is 0 Å². The number of hydrogen-bond acceptors (Lipinski definition) is 8. The van der Waals surface area contributed by atoms with Crippen molar-refractivity contribution < 1.29 is 28.4 Å². The van der Waals surface area contributed by atoms with Gasteiger partial charge in [0.25, 0.3) is 5.91 Å². The highest BCUT2D eigenvalue weighted by Gasteiger charge is 2.30. The van der Waals surface area contributed by atoms with Crippen LogP contribution in [-0.4, -0.2) is 90.8 Å². The van der Waals surface area contributed by atoms with E-state index < -0.39 is 17.9 Å². The Morgan fingerprint density at radius 2 is 1.75 bits per heavy atom. The highest BCUT2D eigenvalue weighted by Crippen LogP contribution is 2.23. The van der Waals surface area contributed by atoms with Gasteiger partial charge in [-0.05, 0) is 81.5 Å². The number of nitrogens with one attached hydrogen (secondary N) is 2. The number of furan rings is 1. The van der Waals surface area contributed by atoms with Crippen molar-refractivity contribution in [1.29, 1.82) is 0 Å². The van der Waals surface area contributed by atoms with E-state index in [4.69, 9.17) is 14.2 Å². The van der Waals surface area contributed by atoms with E-state index in [1.54, 1.807) is 48.2 Å². The van der Waals surface area contributed by atoms with Crippen LogP contribution in [0.1, 0.15) is 58.6 Å². The van der Waals surface area contributed by atoms with Gasteiger partial charge < -0.3 is 24.4 Å². The summed E-state index contributed by atoms with van der Waals surface area (Å²) in [6.07, 6.45) is 3.93. The van der Waals surface area contributed by atoms with Crippen LogP contribution in [0, 0.1) is 6.92 Å². The fraction of sp³-hybridized carbons (Fsp3) is 0.406. The minimum atomic E-state index is -0.798. The van der Waals surface area contributed by atoms with E-state index in [-0.39, 0.29) is 35.4 Å². The third-order valence-corrected chi connectivity index (χ3v) is 7.58. The highest BCUT2D eigenvalue weighted by molar-refractivity contribution is 6.11. The normalized spacial score (nSPS) is 17.6. The van der Waals surface area contributed by atoms with Crippen LogP contribution in [0.4, 0.5) is 5.69 Å². The van der Waals surface area contributed by atoms with Crippen LogP contribution < -0.4 is 10.6 Å². The van der Waals surface area contributed by atoms with Gasteiger partial charge in [0.1, 0.15) is 17.4 Å². The number of anilines is 1. The summed E-state index contributed by atoms with van der Waals surface area (Å²) in [5.41, 5.74) is 1.76. The predicted octanol–water partition coefficient (Wildman–Crippen LogP) is 3.58. The first-order chi connectivity index (χ1) is 21.2. The molecule has 0 unspecified atom stereocenters. The standard InChI is InChI=1S/C32H38N6O6/c1-21-17-24-19-25(12-13-27(24)43-21)33-32(35-29(40)22-9-8-10-23(18-22)31(42)44-36(2)3)34-26-11-4-5-16-38(30(26)41)20-28(39)37-14-6-7-15-37/h8-10,12-13,17-19,26H,4-7,11,14-16,20H2,1-3H3,(H2,33,34,35,40)/t26-/m0/s1. The van der Waals surface area contributed by atoms with Crippen molar-refractivity contribution in [2.45, 2.75) is 45.1 Å². The predicted molar refractivity (Wildman–Crippen MR) is 165 cm³/mol. The largest absolute Gasteiger partial charge is 0.461 e. The summed E-state index contributed by atoms with van der Waals surface area (Å²) in [6.45, 7) is 3.80. The first-order valence-corrected chi connectivity index (χ1v) is 14.9. The molecule has 2 fully saturated rings. The summed E-state index contributed by atoms with van der Waals surface area (Å²) in [7, 11) is 3.17. The molecule has 0 bridgehead atoms. The van der Waals surface area contributed by atoms with Gasteiger partial charge in [0.2, 0.25) is 17.8 Å². The summed E-state index contributed by atoms with van der Waals surface area (Å²) < 4.78 is 5.68. The van der Waals surface area contributed by atoms with Gasteiger partial charge in [-0.1, -0.05) is 6.07 Å². The lowest BCUT2D eigenvalue weighted by Crippen LogP contribution is -2.45. The summed E-state index contributed by atoms with van der Waals surface area (Å²) >= 11 is 0. The molecule has 44 heavy (non-hydrogen) atoms. The maximum Gasteiger partial charge on any atom is 0.357 e. The number of carbonyl (C=O) groups is 4. The van der Waals surface area contributed by atoms with Crippen molar-refractivity contribution in [3.63, 3.8) is 0 Å². The number of guanidine groups is 1. The maximum absolute atomic E-state index is 13.7. The van der Waals surface area contributed by atoms with Gasteiger partial charge in [0, 0.05) is 50.4 Å². The molecular weight excluding hydrogens is 564 g/mol. The monoisotopic (exact) mass is 602 g/mol. The number of aliphatic imine (C=N–C) groups is 1. The average Bonchev–Trinajstić information content (AvgIpc) is 3.63. The van der Waals surface area contributed by atoms with E-state index in [9.17, 15) is 19.2 Å². The average molecular weight is 603 g/mol. The minimum Gasteiger partial charge on any atom is -0.461 e. The van der Waals surface area contributed by atoms with Crippen LogP contribution in [0.2, 0.25) is 0 Å². The quantitative estimate of drug-likeness (QED) is 0.238. The van der Waals surface area contributed by atoms with Gasteiger partial charge in [-0.25, -0.2) is 9.79 Å². The number of amides is 3. The van der Waals surface area contributed by atoms with Gasteiger partial charge in [0.15, 0.2) is 0 Å². The van der Waals surface area contributed by atoms with E-state index in [0.717, 1.165) is 49.9 Å². The Bertz CT molecular complexity index is 1570. The summed E-state index contributed by atoms with van der Waals surface area (Å²) in [5, 5.41) is 8.10. The Labute approximate surface area is 256 Å². The van der Waals surface area contributed by atoms with Crippen molar-refractivity contribution in [2.24, 2.45) is 4.99 Å². The number of fused-ring (bicyclic) bond motifs is 1. The zero-order valence-electron chi connectivity index (χ0n) is 25.3. The Hall–Kier alpha value is -4.71. The molecular formula is C32H38N6O6. The molecule has 2 N–H and O–H groups in total. The third-order valence-electron chi connectivity index (χ3n) is 7.58. The van der Waals surface area contributed by atoms with Gasteiger partial charge in [-0.15, -0.1) is 5.06 Å². The van der Waals surface area contributed by atoms with Gasteiger partial charge in [-0.2, -0.15) is 0 Å². The molecule has 0 spiro atoms. The third kappa shape index (κ3) is 7.62. The molecule has 0 saturated carbocycles. The summed E-state index contributed by atoms with van der Waals surface area (Å²) in [5.74, 6) is -0.603. The molecule has 3 aromatic rings. The summed E-state index contributed by atoms with van der Waals surface area (Å²) in [6, 6.07) is 12.7. The first-order valence-electron chi connectivity index (χ1n) is 14.9. The second-order valence-electron chi connectivity index (χ2n) is 11.3. The van der Waals surface area contributed by atoms with Gasteiger partial charge in [0.05, 0.1) is 12.1 Å². The van der Waals surface area contributed by atoms with Crippen molar-refractivity contribution >= 4 is 46.3 Å². The fourth-order valence-corrected chi connectivity index (χ4v) is 5.42. The van der Waals surface area contributed by atoms with Crippen LogP contribution in [0.3, 0.4) is 0 Å². The highest BCUT2D eigenvalue weighted by atomic mass is 16.7. The van der Waals surface area contributed by atoms with E-state index in [0.29, 0.717) is 24.2 Å². The Kier molecular flexibility index (Phi) is 9.59. The number of nitrogens with zero attached hydrogens (tertiary/aromatic N) is 4. The molecule has 12 heteroatoms. The molecule has 2 saturated heterocycles. The molecule has 12 nitrogen and oxygen atoms in total. The lowest BCUT2D eigenvalue weighted by atomic mass is 10.1. The molecule has 2 aliphatic heterocycles. The Morgan fingerprint density at radius 3 is 2.52 bits per heavy atom.